The van der Waals surface area contributed by atoms with Gasteiger partial charge in [-0.05, 0) is 30.7 Å². The van der Waals surface area contributed by atoms with Gasteiger partial charge in [0.2, 0.25) is 5.91 Å². The molecule has 0 spiro atoms. The highest BCUT2D eigenvalue weighted by Gasteiger charge is 2.09. The molecule has 110 valence electrons. The van der Waals surface area contributed by atoms with Gasteiger partial charge in [-0.1, -0.05) is 41.9 Å². The van der Waals surface area contributed by atoms with Crippen LogP contribution in [0.4, 0.5) is 11.4 Å². The summed E-state index contributed by atoms with van der Waals surface area (Å²) >= 11 is 5.83. The number of carbonyl (C=O) groups is 1. The van der Waals surface area contributed by atoms with Crippen molar-refractivity contribution in [3.63, 3.8) is 0 Å². The molecule has 0 fully saturated rings. The van der Waals surface area contributed by atoms with E-state index in [1.807, 2.05) is 37.3 Å². The molecule has 0 bridgehead atoms. The van der Waals surface area contributed by atoms with E-state index in [0.717, 1.165) is 5.56 Å². The fourth-order valence-electron chi connectivity index (χ4n) is 1.84. The number of nitrogen functional groups attached to an aromatic ring is 1. The first-order valence-corrected chi connectivity index (χ1v) is 6.95. The van der Waals surface area contributed by atoms with E-state index in [2.05, 4.69) is 5.32 Å². The monoisotopic (exact) mass is 304 g/mol. The molecule has 0 saturated heterocycles. The van der Waals surface area contributed by atoms with Crippen LogP contribution in [0.3, 0.4) is 0 Å². The fourth-order valence-corrected chi connectivity index (χ4v) is 1.96. The van der Waals surface area contributed by atoms with Crippen LogP contribution < -0.4 is 11.1 Å². The second-order valence-electron chi connectivity index (χ2n) is 4.65. The number of anilines is 2. The zero-order valence-corrected chi connectivity index (χ0v) is 12.4. The number of halogens is 1. The molecule has 1 amide bonds. The number of hydrogen-bond acceptors (Lipinski definition) is 3. The Morgan fingerprint density at radius 1 is 1.29 bits per heavy atom. The fraction of sp³-hybridized carbons (Fsp3) is 0.188. The van der Waals surface area contributed by atoms with Crippen molar-refractivity contribution in [3.8, 4) is 0 Å². The standard InChI is InChI=1S/C16H17ClN2O2/c1-11(12-5-3-2-4-6-12)21-10-16(20)19-13-7-8-14(17)15(18)9-13/h2-9,11H,10,18H2,1H3,(H,19,20). The van der Waals surface area contributed by atoms with Gasteiger partial charge < -0.3 is 15.8 Å². The summed E-state index contributed by atoms with van der Waals surface area (Å²) in [6.45, 7) is 1.88. The van der Waals surface area contributed by atoms with E-state index in [0.29, 0.717) is 16.4 Å². The predicted molar refractivity (Wildman–Crippen MR) is 85.3 cm³/mol. The zero-order chi connectivity index (χ0) is 15.2. The van der Waals surface area contributed by atoms with Crippen molar-refractivity contribution in [1.82, 2.24) is 0 Å². The lowest BCUT2D eigenvalue weighted by atomic mass is 10.1. The molecule has 2 aromatic rings. The number of rotatable bonds is 5. The molecule has 0 saturated carbocycles. The van der Waals surface area contributed by atoms with Crippen LogP contribution in [0.2, 0.25) is 5.02 Å². The van der Waals surface area contributed by atoms with Gasteiger partial charge in [-0.2, -0.15) is 0 Å². The normalized spacial score (nSPS) is 11.9. The minimum atomic E-state index is -0.237. The molecule has 3 N–H and O–H groups in total. The molecule has 1 atom stereocenters. The van der Waals surface area contributed by atoms with Gasteiger partial charge in [0.25, 0.3) is 0 Å². The number of amides is 1. The topological polar surface area (TPSA) is 64.3 Å². The summed E-state index contributed by atoms with van der Waals surface area (Å²) in [4.78, 5) is 11.8. The van der Waals surface area contributed by atoms with Gasteiger partial charge in [0.15, 0.2) is 0 Å². The van der Waals surface area contributed by atoms with Crippen molar-refractivity contribution in [3.05, 3.63) is 59.1 Å². The number of benzene rings is 2. The summed E-state index contributed by atoms with van der Waals surface area (Å²) in [5.74, 6) is -0.237. The third-order valence-electron chi connectivity index (χ3n) is 3.01. The Morgan fingerprint density at radius 2 is 2.00 bits per heavy atom. The molecule has 0 aliphatic carbocycles. The van der Waals surface area contributed by atoms with Crippen molar-refractivity contribution in [2.24, 2.45) is 0 Å². The van der Waals surface area contributed by atoms with Crippen LogP contribution in [0.5, 0.6) is 0 Å². The third kappa shape index (κ3) is 4.48. The number of nitrogens with two attached hydrogens (primary N) is 1. The molecular formula is C16H17ClN2O2. The largest absolute Gasteiger partial charge is 0.397 e. The molecule has 4 nitrogen and oxygen atoms in total. The molecular weight excluding hydrogens is 288 g/mol. The Balaban J connectivity index is 1.86. The smallest absolute Gasteiger partial charge is 0.250 e. The SMILES string of the molecule is CC(OCC(=O)Nc1ccc(Cl)c(N)c1)c1ccccc1. The lowest BCUT2D eigenvalue weighted by Gasteiger charge is -2.13. The summed E-state index contributed by atoms with van der Waals surface area (Å²) in [5, 5.41) is 3.17. The number of hydrogen-bond donors (Lipinski definition) is 2. The van der Waals surface area contributed by atoms with Crippen molar-refractivity contribution in [2.45, 2.75) is 13.0 Å². The van der Waals surface area contributed by atoms with Crippen LogP contribution in [0, 0.1) is 0 Å². The van der Waals surface area contributed by atoms with E-state index >= 15 is 0 Å². The molecule has 21 heavy (non-hydrogen) atoms. The van der Waals surface area contributed by atoms with E-state index in [4.69, 9.17) is 22.1 Å². The van der Waals surface area contributed by atoms with Gasteiger partial charge in [-0.3, -0.25) is 4.79 Å². The molecule has 2 rings (SSSR count). The minimum absolute atomic E-state index is 0.0292. The van der Waals surface area contributed by atoms with E-state index in [1.54, 1.807) is 18.2 Å². The van der Waals surface area contributed by atoms with Crippen LogP contribution >= 0.6 is 11.6 Å². The first kappa shape index (κ1) is 15.4. The average Bonchev–Trinajstić information content (AvgIpc) is 2.49. The van der Waals surface area contributed by atoms with Gasteiger partial charge in [0.1, 0.15) is 6.61 Å². The maximum absolute atomic E-state index is 11.8. The summed E-state index contributed by atoms with van der Waals surface area (Å²) in [5.41, 5.74) is 7.73. The molecule has 5 heteroatoms. The van der Waals surface area contributed by atoms with Crippen molar-refractivity contribution in [1.29, 1.82) is 0 Å². The molecule has 0 aromatic heterocycles. The zero-order valence-electron chi connectivity index (χ0n) is 11.7. The van der Waals surface area contributed by atoms with Crippen LogP contribution in [0.1, 0.15) is 18.6 Å². The Bertz CT molecular complexity index is 617. The number of carbonyl (C=O) groups excluding carboxylic acids is 1. The highest BCUT2D eigenvalue weighted by atomic mass is 35.5. The second kappa shape index (κ2) is 7.11. The quantitative estimate of drug-likeness (QED) is 0.829. The molecule has 0 radical (unpaired) electrons. The van der Waals surface area contributed by atoms with Crippen molar-refractivity contribution >= 4 is 28.9 Å². The summed E-state index contributed by atoms with van der Waals surface area (Å²) in [6, 6.07) is 14.7. The Morgan fingerprint density at radius 3 is 2.67 bits per heavy atom. The first-order chi connectivity index (χ1) is 10.1. The molecule has 0 aliphatic rings. The van der Waals surface area contributed by atoms with Crippen LogP contribution in [0.25, 0.3) is 0 Å². The maximum Gasteiger partial charge on any atom is 0.250 e. The van der Waals surface area contributed by atoms with E-state index in [9.17, 15) is 4.79 Å². The third-order valence-corrected chi connectivity index (χ3v) is 3.36. The second-order valence-corrected chi connectivity index (χ2v) is 5.06. The predicted octanol–water partition coefficient (Wildman–Crippen LogP) is 3.64. The number of nitrogens with one attached hydrogen (secondary N) is 1. The Labute approximate surface area is 128 Å². The average molecular weight is 305 g/mol. The highest BCUT2D eigenvalue weighted by Crippen LogP contribution is 2.22. The van der Waals surface area contributed by atoms with E-state index < -0.39 is 0 Å². The van der Waals surface area contributed by atoms with E-state index in [1.165, 1.54) is 0 Å². The van der Waals surface area contributed by atoms with Gasteiger partial charge in [0, 0.05) is 5.69 Å². The Hall–Kier alpha value is -2.04. The van der Waals surface area contributed by atoms with Gasteiger partial charge >= 0.3 is 0 Å². The Kier molecular flexibility index (Phi) is 5.20. The van der Waals surface area contributed by atoms with E-state index in [-0.39, 0.29) is 18.6 Å². The van der Waals surface area contributed by atoms with Gasteiger partial charge in [0.05, 0.1) is 16.8 Å². The van der Waals surface area contributed by atoms with Crippen LogP contribution in [0.15, 0.2) is 48.5 Å². The maximum atomic E-state index is 11.8. The molecule has 1 unspecified atom stereocenters. The molecule has 0 heterocycles. The van der Waals surface area contributed by atoms with Gasteiger partial charge in [-0.15, -0.1) is 0 Å². The molecule has 2 aromatic carbocycles. The first-order valence-electron chi connectivity index (χ1n) is 6.57. The minimum Gasteiger partial charge on any atom is -0.397 e. The van der Waals surface area contributed by atoms with Crippen molar-refractivity contribution in [2.75, 3.05) is 17.7 Å². The van der Waals surface area contributed by atoms with Gasteiger partial charge in [-0.25, -0.2) is 0 Å². The summed E-state index contributed by atoms with van der Waals surface area (Å²) in [7, 11) is 0. The lowest BCUT2D eigenvalue weighted by molar-refractivity contribution is -0.122. The van der Waals surface area contributed by atoms with Crippen molar-refractivity contribution < 1.29 is 9.53 Å². The highest BCUT2D eigenvalue weighted by molar-refractivity contribution is 6.33. The summed E-state index contributed by atoms with van der Waals surface area (Å²) < 4.78 is 5.55. The van der Waals surface area contributed by atoms with Crippen LogP contribution in [-0.4, -0.2) is 12.5 Å². The van der Waals surface area contributed by atoms with Crippen LogP contribution in [-0.2, 0) is 9.53 Å². The summed E-state index contributed by atoms with van der Waals surface area (Å²) in [6.07, 6.45) is -0.146. The number of ether oxygens (including phenoxy) is 1. The lowest BCUT2D eigenvalue weighted by Crippen LogP contribution is -2.19. The molecule has 0 aliphatic heterocycles.